The van der Waals surface area contributed by atoms with Gasteiger partial charge < -0.3 is 5.32 Å². The second-order valence-electron chi connectivity index (χ2n) is 2.52. The number of azide groups is 1. The van der Waals surface area contributed by atoms with Gasteiger partial charge in [0.25, 0.3) is 0 Å². The van der Waals surface area contributed by atoms with Gasteiger partial charge in [0.15, 0.2) is 0 Å². The van der Waals surface area contributed by atoms with Gasteiger partial charge in [-0.3, -0.25) is 4.98 Å². The van der Waals surface area contributed by atoms with E-state index in [9.17, 15) is 4.79 Å². The van der Waals surface area contributed by atoms with E-state index in [1.54, 1.807) is 6.07 Å². The lowest BCUT2D eigenvalue weighted by Gasteiger charge is -2.02. The van der Waals surface area contributed by atoms with Gasteiger partial charge >= 0.3 is 5.69 Å². The summed E-state index contributed by atoms with van der Waals surface area (Å²) in [6.07, 6.45) is 2.14. The van der Waals surface area contributed by atoms with Crippen LogP contribution in [0.1, 0.15) is 6.42 Å². The van der Waals surface area contributed by atoms with Crippen LogP contribution < -0.4 is 11.0 Å². The highest BCUT2D eigenvalue weighted by Crippen LogP contribution is 1.95. The largest absolute Gasteiger partial charge is 0.371 e. The maximum absolute atomic E-state index is 10.8. The summed E-state index contributed by atoms with van der Waals surface area (Å²) < 4.78 is 0. The Morgan fingerprint density at radius 2 is 2.57 bits per heavy atom. The van der Waals surface area contributed by atoms with Crippen molar-refractivity contribution < 1.29 is 0 Å². The Hall–Kier alpha value is -2.01. The minimum atomic E-state index is -0.384. The Morgan fingerprint density at radius 3 is 3.29 bits per heavy atom. The molecule has 74 valence electrons. The van der Waals surface area contributed by atoms with Gasteiger partial charge in [-0.1, -0.05) is 5.11 Å². The number of aromatic amines is 1. The number of aromatic nitrogens is 2. The zero-order chi connectivity index (χ0) is 10.2. The molecule has 0 amide bonds. The number of hydrogen-bond donors (Lipinski definition) is 2. The Balaban J connectivity index is 2.31. The summed E-state index contributed by atoms with van der Waals surface area (Å²) in [6, 6.07) is 1.66. The van der Waals surface area contributed by atoms with Crippen LogP contribution in [-0.4, -0.2) is 23.1 Å². The van der Waals surface area contributed by atoms with E-state index in [0.29, 0.717) is 25.3 Å². The van der Waals surface area contributed by atoms with Crippen molar-refractivity contribution in [3.8, 4) is 0 Å². The summed E-state index contributed by atoms with van der Waals surface area (Å²) in [4.78, 5) is 19.4. The molecule has 2 N–H and O–H groups in total. The van der Waals surface area contributed by atoms with Crippen molar-refractivity contribution in [1.82, 2.24) is 9.97 Å². The van der Waals surface area contributed by atoms with Crippen LogP contribution >= 0.6 is 0 Å². The first kappa shape index (κ1) is 10.1. The molecular formula is C7H10N6O. The van der Waals surface area contributed by atoms with Crippen molar-refractivity contribution in [2.75, 3.05) is 18.4 Å². The summed E-state index contributed by atoms with van der Waals surface area (Å²) in [5.74, 6) is 0.617. The highest BCUT2D eigenvalue weighted by atomic mass is 16.1. The third-order valence-electron chi connectivity index (χ3n) is 1.49. The van der Waals surface area contributed by atoms with Crippen molar-refractivity contribution in [1.29, 1.82) is 0 Å². The van der Waals surface area contributed by atoms with Crippen LogP contribution in [-0.2, 0) is 0 Å². The van der Waals surface area contributed by atoms with Gasteiger partial charge in [-0.05, 0) is 18.0 Å². The van der Waals surface area contributed by atoms with E-state index in [0.717, 1.165) is 0 Å². The normalized spacial score (nSPS) is 9.14. The average molecular weight is 194 g/mol. The minimum Gasteiger partial charge on any atom is -0.371 e. The van der Waals surface area contributed by atoms with E-state index >= 15 is 0 Å². The standard InChI is InChI=1S/C7H10N6O/c8-13-11-4-1-3-9-6-2-5-10-7(14)12-6/h2,5H,1,3-4H2,(H2,9,10,12,14). The number of hydrogen-bond acceptors (Lipinski definition) is 4. The van der Waals surface area contributed by atoms with Crippen molar-refractivity contribution in [3.63, 3.8) is 0 Å². The summed E-state index contributed by atoms with van der Waals surface area (Å²) >= 11 is 0. The van der Waals surface area contributed by atoms with Gasteiger partial charge in [0.2, 0.25) is 0 Å². The zero-order valence-corrected chi connectivity index (χ0v) is 7.47. The summed E-state index contributed by atoms with van der Waals surface area (Å²) in [6.45, 7) is 1.08. The predicted molar refractivity (Wildman–Crippen MR) is 52.0 cm³/mol. The zero-order valence-electron chi connectivity index (χ0n) is 7.47. The number of H-pyrrole nitrogens is 1. The fraction of sp³-hybridized carbons (Fsp3) is 0.429. The van der Waals surface area contributed by atoms with E-state index in [1.807, 2.05) is 0 Å². The van der Waals surface area contributed by atoms with Crippen molar-refractivity contribution in [2.24, 2.45) is 5.11 Å². The Morgan fingerprint density at radius 1 is 1.71 bits per heavy atom. The molecule has 1 aromatic heterocycles. The molecule has 1 heterocycles. The topological polar surface area (TPSA) is 107 Å². The molecule has 0 atom stereocenters. The highest BCUT2D eigenvalue weighted by Gasteiger charge is 1.91. The Bertz CT molecular complexity index is 380. The third-order valence-corrected chi connectivity index (χ3v) is 1.49. The minimum absolute atomic E-state index is 0.384. The second-order valence-corrected chi connectivity index (χ2v) is 2.52. The van der Waals surface area contributed by atoms with Gasteiger partial charge in [0.1, 0.15) is 5.82 Å². The van der Waals surface area contributed by atoms with Gasteiger partial charge in [0.05, 0.1) is 0 Å². The molecule has 0 spiro atoms. The van der Waals surface area contributed by atoms with E-state index in [4.69, 9.17) is 5.53 Å². The summed E-state index contributed by atoms with van der Waals surface area (Å²) in [5, 5.41) is 6.34. The van der Waals surface area contributed by atoms with E-state index < -0.39 is 0 Å². The summed E-state index contributed by atoms with van der Waals surface area (Å²) in [7, 11) is 0. The molecule has 14 heavy (non-hydrogen) atoms. The molecule has 0 aliphatic rings. The average Bonchev–Trinajstić information content (AvgIpc) is 2.18. The number of anilines is 1. The molecule has 0 fully saturated rings. The third kappa shape index (κ3) is 3.59. The molecule has 0 aliphatic carbocycles. The SMILES string of the molecule is [N-]=[N+]=NCCCNc1ccnc(=O)[nH]1. The molecule has 0 saturated carbocycles. The fourth-order valence-electron chi connectivity index (χ4n) is 0.889. The fourth-order valence-corrected chi connectivity index (χ4v) is 0.889. The number of nitrogens with one attached hydrogen (secondary N) is 2. The van der Waals surface area contributed by atoms with Gasteiger partial charge in [-0.2, -0.15) is 0 Å². The van der Waals surface area contributed by atoms with Crippen molar-refractivity contribution in [2.45, 2.75) is 6.42 Å². The van der Waals surface area contributed by atoms with Crippen LogP contribution in [0.25, 0.3) is 10.4 Å². The summed E-state index contributed by atoms with van der Waals surface area (Å²) in [5.41, 5.74) is 7.62. The molecule has 1 aromatic rings. The van der Waals surface area contributed by atoms with Crippen LogP contribution in [0.15, 0.2) is 22.2 Å². The van der Waals surface area contributed by atoms with E-state index in [2.05, 4.69) is 25.3 Å². The lowest BCUT2D eigenvalue weighted by molar-refractivity contribution is 0.860. The molecule has 7 nitrogen and oxygen atoms in total. The maximum Gasteiger partial charge on any atom is 0.346 e. The van der Waals surface area contributed by atoms with Crippen LogP contribution in [0, 0.1) is 0 Å². The molecule has 0 aliphatic heterocycles. The lowest BCUT2D eigenvalue weighted by atomic mass is 10.4. The predicted octanol–water partition coefficient (Wildman–Crippen LogP) is 0.882. The van der Waals surface area contributed by atoms with E-state index in [1.165, 1.54) is 6.20 Å². The first-order valence-electron chi connectivity index (χ1n) is 4.13. The molecule has 0 aromatic carbocycles. The van der Waals surface area contributed by atoms with Gasteiger partial charge in [0, 0.05) is 24.2 Å². The monoisotopic (exact) mass is 194 g/mol. The molecule has 7 heteroatoms. The first-order chi connectivity index (χ1) is 6.83. The van der Waals surface area contributed by atoms with Crippen LogP contribution in [0.5, 0.6) is 0 Å². The second kappa shape index (κ2) is 5.60. The van der Waals surface area contributed by atoms with Crippen LogP contribution in [0.2, 0.25) is 0 Å². The van der Waals surface area contributed by atoms with Crippen molar-refractivity contribution in [3.05, 3.63) is 33.2 Å². The lowest BCUT2D eigenvalue weighted by Crippen LogP contribution is -2.13. The quantitative estimate of drug-likeness (QED) is 0.314. The number of rotatable bonds is 5. The molecular weight excluding hydrogens is 184 g/mol. The highest BCUT2D eigenvalue weighted by molar-refractivity contribution is 5.31. The van der Waals surface area contributed by atoms with Gasteiger partial charge in [-0.25, -0.2) is 9.78 Å². The van der Waals surface area contributed by atoms with Crippen LogP contribution in [0.4, 0.5) is 5.82 Å². The Kier molecular flexibility index (Phi) is 4.03. The molecule has 0 saturated heterocycles. The smallest absolute Gasteiger partial charge is 0.346 e. The molecule has 1 rings (SSSR count). The number of nitrogens with zero attached hydrogens (tertiary/aromatic N) is 4. The van der Waals surface area contributed by atoms with E-state index in [-0.39, 0.29) is 5.69 Å². The van der Waals surface area contributed by atoms with Gasteiger partial charge in [-0.15, -0.1) is 0 Å². The molecule has 0 radical (unpaired) electrons. The molecule has 0 unspecified atom stereocenters. The van der Waals surface area contributed by atoms with Crippen molar-refractivity contribution >= 4 is 5.82 Å². The maximum atomic E-state index is 10.8. The Labute approximate surface area is 79.8 Å². The van der Waals surface area contributed by atoms with Crippen LogP contribution in [0.3, 0.4) is 0 Å². The molecule has 0 bridgehead atoms. The first-order valence-corrected chi connectivity index (χ1v) is 4.13.